The highest BCUT2D eigenvalue weighted by Gasteiger charge is 2.19. The quantitative estimate of drug-likeness (QED) is 0.939. The van der Waals surface area contributed by atoms with E-state index < -0.39 is 0 Å². The molecule has 0 saturated heterocycles. The molecule has 0 saturated carbocycles. The van der Waals surface area contributed by atoms with Crippen molar-refractivity contribution < 1.29 is 0 Å². The van der Waals surface area contributed by atoms with Gasteiger partial charge in [-0.25, -0.2) is 9.97 Å². The minimum Gasteiger partial charge on any atom is -0.373 e. The summed E-state index contributed by atoms with van der Waals surface area (Å²) in [6, 6.07) is 7.84. The Balaban J connectivity index is 1.91. The summed E-state index contributed by atoms with van der Waals surface area (Å²) in [5, 5.41) is 3.93. The molecule has 3 nitrogen and oxygen atoms in total. The number of hydrogen-bond acceptors (Lipinski definition) is 4. The Morgan fingerprint density at radius 2 is 2.00 bits per heavy atom. The van der Waals surface area contributed by atoms with Gasteiger partial charge in [0.15, 0.2) is 0 Å². The zero-order valence-corrected chi connectivity index (χ0v) is 12.2. The maximum atomic E-state index is 5.90. The molecule has 19 heavy (non-hydrogen) atoms. The summed E-state index contributed by atoms with van der Waals surface area (Å²) in [4.78, 5) is 9.29. The maximum absolute atomic E-state index is 5.90. The van der Waals surface area contributed by atoms with Gasteiger partial charge in [-0.3, -0.25) is 0 Å². The zero-order chi connectivity index (χ0) is 13.2. The Morgan fingerprint density at radius 3 is 2.74 bits per heavy atom. The van der Waals surface area contributed by atoms with E-state index in [4.69, 9.17) is 11.6 Å². The van der Waals surface area contributed by atoms with E-state index in [-0.39, 0.29) is 0 Å². The number of anilines is 1. The Bertz CT molecular complexity index is 598. The smallest absolute Gasteiger partial charge is 0.135 e. The van der Waals surface area contributed by atoms with E-state index in [1.807, 2.05) is 43.1 Å². The van der Waals surface area contributed by atoms with Crippen molar-refractivity contribution in [3.63, 3.8) is 0 Å². The summed E-state index contributed by atoms with van der Waals surface area (Å²) in [7, 11) is 1.91. The van der Waals surface area contributed by atoms with Crippen LogP contribution in [0, 0.1) is 0 Å². The lowest BCUT2D eigenvalue weighted by molar-refractivity contribution is 0.930. The van der Waals surface area contributed by atoms with E-state index in [2.05, 4.69) is 15.3 Å². The van der Waals surface area contributed by atoms with Gasteiger partial charge < -0.3 is 5.32 Å². The highest BCUT2D eigenvalue weighted by atomic mass is 35.5. The molecule has 0 bridgehead atoms. The number of halogens is 1. The molecule has 0 atom stereocenters. The minimum absolute atomic E-state index is 0.740. The third-order valence-electron chi connectivity index (χ3n) is 3.14. The normalized spacial score (nSPS) is 13.4. The number of rotatable bonds is 3. The summed E-state index contributed by atoms with van der Waals surface area (Å²) in [6.45, 7) is 0. The fourth-order valence-corrected chi connectivity index (χ4v) is 3.34. The second-order valence-corrected chi connectivity index (χ2v) is 5.88. The lowest BCUT2D eigenvalue weighted by Crippen LogP contribution is -2.06. The molecule has 0 aliphatic carbocycles. The van der Waals surface area contributed by atoms with Crippen molar-refractivity contribution in [2.75, 3.05) is 12.4 Å². The molecule has 1 aliphatic heterocycles. The second-order valence-electron chi connectivity index (χ2n) is 4.46. The highest BCUT2D eigenvalue weighted by Crippen LogP contribution is 2.32. The van der Waals surface area contributed by atoms with Gasteiger partial charge in [0.05, 0.1) is 5.69 Å². The second kappa shape index (κ2) is 5.39. The van der Waals surface area contributed by atoms with Gasteiger partial charge in [0.25, 0.3) is 0 Å². The van der Waals surface area contributed by atoms with E-state index >= 15 is 0 Å². The number of nitrogens with one attached hydrogen (secondary N) is 1. The molecule has 0 unspecified atom stereocenters. The van der Waals surface area contributed by atoms with Gasteiger partial charge in [0.2, 0.25) is 0 Å². The molecule has 1 aliphatic rings. The van der Waals surface area contributed by atoms with Crippen LogP contribution in [-0.4, -0.2) is 17.0 Å². The van der Waals surface area contributed by atoms with Crippen LogP contribution >= 0.6 is 23.4 Å². The van der Waals surface area contributed by atoms with Crippen LogP contribution in [0.15, 0.2) is 24.3 Å². The fourth-order valence-electron chi connectivity index (χ4n) is 2.17. The van der Waals surface area contributed by atoms with Gasteiger partial charge >= 0.3 is 0 Å². The highest BCUT2D eigenvalue weighted by molar-refractivity contribution is 7.98. The van der Waals surface area contributed by atoms with Crippen molar-refractivity contribution in [2.24, 2.45) is 0 Å². The summed E-state index contributed by atoms with van der Waals surface area (Å²) in [5.41, 5.74) is 3.61. The van der Waals surface area contributed by atoms with Gasteiger partial charge in [0, 0.05) is 35.6 Å². The molecule has 1 N–H and O–H groups in total. The molecular formula is C14H14ClN3S. The Morgan fingerprint density at radius 1 is 1.21 bits per heavy atom. The van der Waals surface area contributed by atoms with E-state index in [1.54, 1.807) is 0 Å². The summed E-state index contributed by atoms with van der Waals surface area (Å²) >= 11 is 7.78. The van der Waals surface area contributed by atoms with Crippen LogP contribution in [-0.2, 0) is 17.9 Å². The number of thioether (sulfide) groups is 1. The lowest BCUT2D eigenvalue weighted by atomic mass is 10.1. The van der Waals surface area contributed by atoms with Crippen LogP contribution in [0.4, 0.5) is 5.82 Å². The van der Waals surface area contributed by atoms with Gasteiger partial charge in [0.1, 0.15) is 11.6 Å². The predicted octanol–water partition coefficient (Wildman–Crippen LogP) is 3.51. The summed E-state index contributed by atoms with van der Waals surface area (Å²) in [5.74, 6) is 3.83. The van der Waals surface area contributed by atoms with E-state index in [9.17, 15) is 0 Å². The maximum Gasteiger partial charge on any atom is 0.135 e. The van der Waals surface area contributed by atoms with Crippen LogP contribution in [0.1, 0.15) is 22.6 Å². The number of benzene rings is 1. The van der Waals surface area contributed by atoms with Crippen molar-refractivity contribution in [3.05, 3.63) is 51.9 Å². The van der Waals surface area contributed by atoms with Gasteiger partial charge in [-0.1, -0.05) is 23.7 Å². The topological polar surface area (TPSA) is 37.8 Å². The van der Waals surface area contributed by atoms with E-state index in [0.29, 0.717) is 0 Å². The van der Waals surface area contributed by atoms with Gasteiger partial charge in [-0.2, -0.15) is 11.8 Å². The number of nitrogens with zero attached hydrogens (tertiary/aromatic N) is 2. The third-order valence-corrected chi connectivity index (χ3v) is 4.36. The van der Waals surface area contributed by atoms with Crippen LogP contribution < -0.4 is 5.32 Å². The SMILES string of the molecule is CNc1nc(Cc2ccc(Cl)cc2)nc2c1CSC2. The molecule has 2 heterocycles. The molecule has 0 fully saturated rings. The average Bonchev–Trinajstić information content (AvgIpc) is 2.89. The molecule has 0 radical (unpaired) electrons. The molecule has 5 heteroatoms. The molecule has 0 amide bonds. The molecule has 1 aromatic carbocycles. The van der Waals surface area contributed by atoms with E-state index in [0.717, 1.165) is 34.6 Å². The first-order chi connectivity index (χ1) is 9.26. The number of hydrogen-bond donors (Lipinski definition) is 1. The van der Waals surface area contributed by atoms with Crippen LogP contribution in [0.2, 0.25) is 5.02 Å². The first-order valence-corrected chi connectivity index (χ1v) is 7.68. The van der Waals surface area contributed by atoms with Gasteiger partial charge in [-0.05, 0) is 17.7 Å². The van der Waals surface area contributed by atoms with Crippen molar-refractivity contribution in [2.45, 2.75) is 17.9 Å². The first kappa shape index (κ1) is 12.8. The summed E-state index contributed by atoms with van der Waals surface area (Å²) in [6.07, 6.45) is 0.740. The minimum atomic E-state index is 0.740. The standard InChI is InChI=1S/C14H14ClN3S/c1-16-14-11-7-19-8-12(11)17-13(18-14)6-9-2-4-10(15)5-3-9/h2-5H,6-8H2,1H3,(H,16,17,18). The van der Waals surface area contributed by atoms with Crippen LogP contribution in [0.5, 0.6) is 0 Å². The van der Waals surface area contributed by atoms with Crippen molar-refractivity contribution >= 4 is 29.2 Å². The van der Waals surface area contributed by atoms with Crippen molar-refractivity contribution in [1.29, 1.82) is 0 Å². The van der Waals surface area contributed by atoms with Crippen LogP contribution in [0.25, 0.3) is 0 Å². The molecular weight excluding hydrogens is 278 g/mol. The predicted molar refractivity (Wildman–Crippen MR) is 80.8 cm³/mol. The number of fused-ring (bicyclic) bond motifs is 1. The van der Waals surface area contributed by atoms with Crippen molar-refractivity contribution in [3.8, 4) is 0 Å². The summed E-state index contributed by atoms with van der Waals surface area (Å²) < 4.78 is 0. The monoisotopic (exact) mass is 291 g/mol. The van der Waals surface area contributed by atoms with Crippen molar-refractivity contribution in [1.82, 2.24) is 9.97 Å². The first-order valence-electron chi connectivity index (χ1n) is 6.15. The van der Waals surface area contributed by atoms with Gasteiger partial charge in [-0.15, -0.1) is 0 Å². The molecule has 2 aromatic rings. The molecule has 0 spiro atoms. The number of aromatic nitrogens is 2. The molecule has 98 valence electrons. The average molecular weight is 292 g/mol. The Hall–Kier alpha value is -1.26. The lowest BCUT2D eigenvalue weighted by Gasteiger charge is -2.09. The largest absolute Gasteiger partial charge is 0.373 e. The van der Waals surface area contributed by atoms with Crippen LogP contribution in [0.3, 0.4) is 0 Å². The Labute approximate surface area is 121 Å². The third kappa shape index (κ3) is 2.69. The molecule has 3 rings (SSSR count). The fraction of sp³-hybridized carbons (Fsp3) is 0.286. The molecule has 1 aromatic heterocycles. The zero-order valence-electron chi connectivity index (χ0n) is 10.6. The Kier molecular flexibility index (Phi) is 3.62. The van der Waals surface area contributed by atoms with E-state index in [1.165, 1.54) is 16.8 Å².